The topological polar surface area (TPSA) is 65.1 Å². The fourth-order valence-electron chi connectivity index (χ4n) is 3.61. The smallest absolute Gasteiger partial charge is 0.332 e. The summed E-state index contributed by atoms with van der Waals surface area (Å²) >= 11 is 5.94. The van der Waals surface area contributed by atoms with E-state index in [1.165, 1.54) is 9.13 Å². The Bertz CT molecular complexity index is 1320. The van der Waals surface area contributed by atoms with E-state index in [4.69, 9.17) is 11.6 Å². The molecule has 0 atom stereocenters. The number of benzene rings is 2. The molecule has 0 radical (unpaired) electrons. The Morgan fingerprint density at radius 2 is 1.60 bits per heavy atom. The van der Waals surface area contributed by atoms with E-state index in [1.54, 1.807) is 42.9 Å². The second-order valence-corrected chi connectivity index (χ2v) is 7.78. The zero-order valence-electron chi connectivity index (χ0n) is 17.0. The number of aromatic nitrogens is 4. The SMILES string of the molecule is CN(Cc1ccccc1)c1nc2c(c(=O)n(Cc3ccc(Cl)cc3)c(=O)n2C)n1C. The van der Waals surface area contributed by atoms with Crippen LogP contribution in [0.25, 0.3) is 11.2 Å². The molecule has 0 aliphatic carbocycles. The lowest BCUT2D eigenvalue weighted by atomic mass is 10.2. The summed E-state index contributed by atoms with van der Waals surface area (Å²) in [6.07, 6.45) is 0. The molecule has 30 heavy (non-hydrogen) atoms. The van der Waals surface area contributed by atoms with Crippen LogP contribution in [0.15, 0.2) is 64.2 Å². The van der Waals surface area contributed by atoms with Crippen LogP contribution in [0.1, 0.15) is 11.1 Å². The van der Waals surface area contributed by atoms with Crippen LogP contribution in [0.3, 0.4) is 0 Å². The van der Waals surface area contributed by atoms with Gasteiger partial charge in [0, 0.05) is 32.7 Å². The molecule has 0 amide bonds. The standard InChI is InChI=1S/C22H22ClN5O2/c1-25(13-15-7-5-4-6-8-15)21-24-19-18(26(21)2)20(29)28(22(30)27(19)3)14-16-9-11-17(23)12-10-16/h4-12H,13-14H2,1-3H3. The Kier molecular flexibility index (Phi) is 5.22. The number of aryl methyl sites for hydroxylation is 2. The lowest BCUT2D eigenvalue weighted by Gasteiger charge is -2.18. The number of fused-ring (bicyclic) bond motifs is 1. The Balaban J connectivity index is 1.80. The van der Waals surface area contributed by atoms with Crippen molar-refractivity contribution in [3.63, 3.8) is 0 Å². The van der Waals surface area contributed by atoms with E-state index in [9.17, 15) is 9.59 Å². The van der Waals surface area contributed by atoms with Gasteiger partial charge in [-0.05, 0) is 23.3 Å². The fraction of sp³-hybridized carbons (Fsp3) is 0.227. The summed E-state index contributed by atoms with van der Waals surface area (Å²) in [5, 5.41) is 0.604. The molecule has 0 bridgehead atoms. The van der Waals surface area contributed by atoms with E-state index in [-0.39, 0.29) is 12.1 Å². The zero-order chi connectivity index (χ0) is 21.4. The molecule has 0 aliphatic heterocycles. The first kappa shape index (κ1) is 20.0. The molecule has 0 saturated carbocycles. The van der Waals surface area contributed by atoms with Gasteiger partial charge in [0.1, 0.15) is 0 Å². The van der Waals surface area contributed by atoms with Crippen molar-refractivity contribution in [2.24, 2.45) is 14.1 Å². The van der Waals surface area contributed by atoms with Gasteiger partial charge >= 0.3 is 5.69 Å². The number of rotatable bonds is 5. The number of anilines is 1. The molecular weight excluding hydrogens is 402 g/mol. The van der Waals surface area contributed by atoms with Crippen LogP contribution in [-0.4, -0.2) is 25.7 Å². The molecule has 4 rings (SSSR count). The minimum absolute atomic E-state index is 0.166. The van der Waals surface area contributed by atoms with E-state index in [1.807, 2.05) is 42.3 Å². The van der Waals surface area contributed by atoms with Crippen LogP contribution in [0.4, 0.5) is 5.95 Å². The Labute approximate surface area is 178 Å². The van der Waals surface area contributed by atoms with Crippen molar-refractivity contribution < 1.29 is 0 Å². The number of imidazole rings is 1. The highest BCUT2D eigenvalue weighted by molar-refractivity contribution is 6.30. The highest BCUT2D eigenvalue weighted by Gasteiger charge is 2.20. The van der Waals surface area contributed by atoms with Crippen molar-refractivity contribution in [3.8, 4) is 0 Å². The lowest BCUT2D eigenvalue weighted by Crippen LogP contribution is -2.39. The maximum atomic E-state index is 13.2. The quantitative estimate of drug-likeness (QED) is 0.495. The van der Waals surface area contributed by atoms with Crippen molar-refractivity contribution in [1.82, 2.24) is 18.7 Å². The van der Waals surface area contributed by atoms with E-state index >= 15 is 0 Å². The summed E-state index contributed by atoms with van der Waals surface area (Å²) in [5.74, 6) is 0.616. The van der Waals surface area contributed by atoms with Crippen LogP contribution in [0, 0.1) is 0 Å². The maximum Gasteiger partial charge on any atom is 0.332 e. The maximum absolute atomic E-state index is 13.2. The van der Waals surface area contributed by atoms with E-state index < -0.39 is 5.69 Å². The van der Waals surface area contributed by atoms with Gasteiger partial charge in [0.05, 0.1) is 6.54 Å². The van der Waals surface area contributed by atoms with Gasteiger partial charge in [-0.3, -0.25) is 13.9 Å². The van der Waals surface area contributed by atoms with Gasteiger partial charge in [0.2, 0.25) is 5.95 Å². The van der Waals surface area contributed by atoms with Gasteiger partial charge in [0.15, 0.2) is 11.2 Å². The zero-order valence-corrected chi connectivity index (χ0v) is 17.8. The van der Waals surface area contributed by atoms with Gasteiger partial charge in [0.25, 0.3) is 5.56 Å². The van der Waals surface area contributed by atoms with Crippen LogP contribution in [0.5, 0.6) is 0 Å². The highest BCUT2D eigenvalue weighted by Crippen LogP contribution is 2.19. The summed E-state index contributed by atoms with van der Waals surface area (Å²) in [6.45, 7) is 0.796. The number of halogens is 1. The van der Waals surface area contributed by atoms with E-state index in [0.717, 1.165) is 11.1 Å². The average molecular weight is 424 g/mol. The predicted molar refractivity (Wildman–Crippen MR) is 119 cm³/mol. The van der Waals surface area contributed by atoms with Crippen molar-refractivity contribution in [2.75, 3.05) is 11.9 Å². The fourth-order valence-corrected chi connectivity index (χ4v) is 3.74. The molecule has 154 valence electrons. The third kappa shape index (κ3) is 3.52. The average Bonchev–Trinajstić information content (AvgIpc) is 3.09. The minimum atomic E-state index is -0.405. The van der Waals surface area contributed by atoms with Gasteiger partial charge < -0.3 is 9.47 Å². The Morgan fingerprint density at radius 3 is 2.27 bits per heavy atom. The lowest BCUT2D eigenvalue weighted by molar-refractivity contribution is 0.655. The molecule has 0 N–H and O–H groups in total. The molecule has 0 spiro atoms. The molecule has 7 nitrogen and oxygen atoms in total. The third-order valence-electron chi connectivity index (χ3n) is 5.19. The first-order valence-electron chi connectivity index (χ1n) is 9.52. The summed E-state index contributed by atoms with van der Waals surface area (Å²) in [7, 11) is 5.35. The molecule has 2 heterocycles. The minimum Gasteiger partial charge on any atom is -0.341 e. The molecule has 0 unspecified atom stereocenters. The molecule has 4 aromatic rings. The number of hydrogen-bond acceptors (Lipinski definition) is 4. The summed E-state index contributed by atoms with van der Waals surface area (Å²) < 4.78 is 4.40. The molecule has 2 aromatic carbocycles. The van der Waals surface area contributed by atoms with Crippen LogP contribution in [0.2, 0.25) is 5.02 Å². The third-order valence-corrected chi connectivity index (χ3v) is 5.45. The Hall–Kier alpha value is -3.32. The first-order valence-corrected chi connectivity index (χ1v) is 9.90. The normalized spacial score (nSPS) is 11.2. The first-order chi connectivity index (χ1) is 14.4. The molecular formula is C22H22ClN5O2. The van der Waals surface area contributed by atoms with Gasteiger partial charge in [-0.15, -0.1) is 0 Å². The van der Waals surface area contributed by atoms with Crippen molar-refractivity contribution >= 4 is 28.7 Å². The van der Waals surface area contributed by atoms with Crippen LogP contribution < -0.4 is 16.1 Å². The van der Waals surface area contributed by atoms with Gasteiger partial charge in [-0.1, -0.05) is 54.1 Å². The second-order valence-electron chi connectivity index (χ2n) is 7.34. The van der Waals surface area contributed by atoms with Crippen molar-refractivity contribution in [3.05, 3.63) is 91.6 Å². The molecule has 0 saturated heterocycles. The summed E-state index contributed by atoms with van der Waals surface area (Å²) in [4.78, 5) is 32.7. The molecule has 2 aromatic heterocycles. The van der Waals surface area contributed by atoms with Crippen molar-refractivity contribution in [2.45, 2.75) is 13.1 Å². The largest absolute Gasteiger partial charge is 0.341 e. The predicted octanol–water partition coefficient (Wildman–Crippen LogP) is 2.77. The monoisotopic (exact) mass is 423 g/mol. The Morgan fingerprint density at radius 1 is 0.933 bits per heavy atom. The van der Waals surface area contributed by atoms with Gasteiger partial charge in [-0.2, -0.15) is 4.98 Å². The molecule has 0 aliphatic rings. The van der Waals surface area contributed by atoms with Gasteiger partial charge in [-0.25, -0.2) is 4.79 Å². The second kappa shape index (κ2) is 7.84. The highest BCUT2D eigenvalue weighted by atomic mass is 35.5. The van der Waals surface area contributed by atoms with Crippen LogP contribution in [-0.2, 0) is 27.2 Å². The summed E-state index contributed by atoms with van der Waals surface area (Å²) in [5.41, 5.74) is 1.94. The molecule has 0 fully saturated rings. The number of nitrogens with zero attached hydrogens (tertiary/aromatic N) is 5. The number of hydrogen-bond donors (Lipinski definition) is 0. The van der Waals surface area contributed by atoms with E-state index in [0.29, 0.717) is 28.7 Å². The summed E-state index contributed by atoms with van der Waals surface area (Å²) in [6, 6.07) is 17.1. The van der Waals surface area contributed by atoms with Crippen LogP contribution >= 0.6 is 11.6 Å². The van der Waals surface area contributed by atoms with E-state index in [2.05, 4.69) is 4.98 Å². The molecule has 8 heteroatoms. The van der Waals surface area contributed by atoms with Crippen molar-refractivity contribution in [1.29, 1.82) is 0 Å².